The van der Waals surface area contributed by atoms with Crippen LogP contribution in [0.2, 0.25) is 5.82 Å². The van der Waals surface area contributed by atoms with Crippen molar-refractivity contribution in [2.24, 2.45) is 5.73 Å². The number of benzene rings is 2. The molecule has 0 radical (unpaired) electrons. The second kappa shape index (κ2) is 8.98. The first-order valence-corrected chi connectivity index (χ1v) is 9.25. The molecule has 29 heavy (non-hydrogen) atoms. The van der Waals surface area contributed by atoms with Crippen LogP contribution < -0.4 is 15.1 Å². The van der Waals surface area contributed by atoms with Gasteiger partial charge in [0.15, 0.2) is 11.5 Å². The van der Waals surface area contributed by atoms with Gasteiger partial charge in [0.25, 0.3) is 0 Å². The van der Waals surface area contributed by atoms with E-state index in [1.807, 2.05) is 0 Å². The zero-order chi connectivity index (χ0) is 21.0. The van der Waals surface area contributed by atoms with E-state index in [0.717, 1.165) is 0 Å². The Bertz CT molecular complexity index is 918. The van der Waals surface area contributed by atoms with Crippen molar-refractivity contribution in [2.75, 3.05) is 13.2 Å². The van der Waals surface area contributed by atoms with E-state index in [-0.39, 0.29) is 42.3 Å². The number of phenols is 1. The zero-order valence-corrected chi connectivity index (χ0v) is 15.7. The van der Waals surface area contributed by atoms with Crippen LogP contribution in [0.1, 0.15) is 27.9 Å². The Morgan fingerprint density at radius 2 is 2.07 bits per heavy atom. The van der Waals surface area contributed by atoms with Gasteiger partial charge in [0, 0.05) is 25.2 Å². The number of nitrogens with two attached hydrogens (primary N) is 1. The maximum atomic E-state index is 12.5. The van der Waals surface area contributed by atoms with Crippen LogP contribution in [0.15, 0.2) is 36.4 Å². The monoisotopic (exact) mass is 399 g/mol. The number of carboxylic acids is 1. The summed E-state index contributed by atoms with van der Waals surface area (Å²) in [7, 11) is -1.27. The third-order valence-corrected chi connectivity index (χ3v) is 4.74. The Labute approximate surface area is 168 Å². The van der Waals surface area contributed by atoms with E-state index in [4.69, 9.17) is 15.1 Å². The Morgan fingerprint density at radius 3 is 2.76 bits per heavy atom. The van der Waals surface area contributed by atoms with Crippen molar-refractivity contribution >= 4 is 18.9 Å². The van der Waals surface area contributed by atoms with Crippen molar-refractivity contribution in [1.29, 1.82) is 0 Å². The summed E-state index contributed by atoms with van der Waals surface area (Å²) in [5.74, 6) is -1.38. The standard InChI is InChI=1S/C20H22BNO7/c22-6-7-28-18-5-4-12(9-17(18)24)8-15(23)11-14-10-13-2-1-3-16(20(25)26)19(13)29-21(14)27/h1-5,9,14,24,27H,6-8,10-11,22H2,(H,25,26)/t14-/m1/s1. The molecule has 0 aliphatic carbocycles. The molecule has 2 aromatic rings. The molecule has 1 aliphatic rings. The molecule has 0 saturated carbocycles. The summed E-state index contributed by atoms with van der Waals surface area (Å²) in [6, 6.07) is 9.48. The number of ketones is 1. The quantitative estimate of drug-likeness (QED) is 0.489. The fraction of sp³-hybridized carbons (Fsp3) is 0.300. The van der Waals surface area contributed by atoms with E-state index in [1.54, 1.807) is 24.3 Å². The van der Waals surface area contributed by atoms with Gasteiger partial charge in [0.05, 0.1) is 5.56 Å². The van der Waals surface area contributed by atoms with Gasteiger partial charge in [-0.05, 0) is 35.7 Å². The molecule has 0 unspecified atom stereocenters. The van der Waals surface area contributed by atoms with Crippen LogP contribution in [0.3, 0.4) is 0 Å². The first-order chi connectivity index (χ1) is 13.9. The number of carboxylic acid groups (broad SMARTS) is 1. The number of aromatic hydroxyl groups is 1. The number of hydrogen-bond donors (Lipinski definition) is 4. The smallest absolute Gasteiger partial charge is 0.526 e. The summed E-state index contributed by atoms with van der Waals surface area (Å²) in [6.07, 6.45) is 0.473. The number of Topliss-reactive ketones (excluding diaryl/α,β-unsaturated/α-hetero) is 1. The van der Waals surface area contributed by atoms with Gasteiger partial charge in [-0.3, -0.25) is 4.79 Å². The topological polar surface area (TPSA) is 139 Å². The highest BCUT2D eigenvalue weighted by Crippen LogP contribution is 2.36. The SMILES string of the molecule is NCCOc1ccc(CC(=O)C[C@H]2Cc3cccc(C(=O)O)c3OB2O)cc1O. The van der Waals surface area contributed by atoms with Gasteiger partial charge >= 0.3 is 13.1 Å². The van der Waals surface area contributed by atoms with E-state index in [2.05, 4.69) is 0 Å². The third kappa shape index (κ3) is 4.88. The lowest BCUT2D eigenvalue weighted by Gasteiger charge is -2.28. The van der Waals surface area contributed by atoms with Crippen molar-refractivity contribution in [3.05, 3.63) is 53.1 Å². The molecule has 8 nitrogen and oxygen atoms in total. The number of carbonyl (C=O) groups excluding carboxylic acids is 1. The molecule has 1 atom stereocenters. The van der Waals surface area contributed by atoms with Crippen LogP contribution in [-0.2, 0) is 17.6 Å². The molecular weight excluding hydrogens is 377 g/mol. The molecule has 0 fully saturated rings. The van der Waals surface area contributed by atoms with Gasteiger partial charge in [0.2, 0.25) is 0 Å². The number of hydrogen-bond acceptors (Lipinski definition) is 7. The molecule has 0 amide bonds. The summed E-state index contributed by atoms with van der Waals surface area (Å²) < 4.78 is 10.7. The summed E-state index contributed by atoms with van der Waals surface area (Å²) >= 11 is 0. The minimum Gasteiger partial charge on any atom is -0.535 e. The Kier molecular flexibility index (Phi) is 6.41. The summed E-state index contributed by atoms with van der Waals surface area (Å²) in [4.78, 5) is 23.8. The molecule has 0 aromatic heterocycles. The van der Waals surface area contributed by atoms with Gasteiger partial charge in [-0.1, -0.05) is 18.2 Å². The average Bonchev–Trinajstić information content (AvgIpc) is 2.67. The van der Waals surface area contributed by atoms with Gasteiger partial charge in [-0.15, -0.1) is 0 Å². The van der Waals surface area contributed by atoms with Crippen LogP contribution in [0, 0.1) is 0 Å². The molecule has 0 saturated heterocycles. The minimum atomic E-state index is -1.27. The predicted molar refractivity (Wildman–Crippen MR) is 105 cm³/mol. The first kappa shape index (κ1) is 20.7. The van der Waals surface area contributed by atoms with Gasteiger partial charge < -0.3 is 30.4 Å². The number of aromatic carboxylic acids is 1. The van der Waals surface area contributed by atoms with Crippen molar-refractivity contribution < 1.29 is 34.2 Å². The normalized spacial score (nSPS) is 15.4. The molecule has 0 bridgehead atoms. The fourth-order valence-electron chi connectivity index (χ4n) is 3.38. The Hall–Kier alpha value is -3.04. The predicted octanol–water partition coefficient (Wildman–Crippen LogP) is 1.42. The molecule has 152 valence electrons. The van der Waals surface area contributed by atoms with Crippen LogP contribution >= 0.6 is 0 Å². The number of carbonyl (C=O) groups is 2. The highest BCUT2D eigenvalue weighted by molar-refractivity contribution is 6.47. The van der Waals surface area contributed by atoms with E-state index >= 15 is 0 Å². The third-order valence-electron chi connectivity index (χ3n) is 4.74. The summed E-state index contributed by atoms with van der Waals surface area (Å²) in [5.41, 5.74) is 6.61. The zero-order valence-electron chi connectivity index (χ0n) is 15.7. The first-order valence-electron chi connectivity index (χ1n) is 9.25. The van der Waals surface area contributed by atoms with Crippen molar-refractivity contribution in [1.82, 2.24) is 0 Å². The largest absolute Gasteiger partial charge is 0.535 e. The molecule has 9 heteroatoms. The maximum absolute atomic E-state index is 12.5. The molecule has 0 spiro atoms. The number of phenolic OH excluding ortho intramolecular Hbond substituents is 1. The lowest BCUT2D eigenvalue weighted by molar-refractivity contribution is -0.118. The molecule has 2 aromatic carbocycles. The molecule has 5 N–H and O–H groups in total. The van der Waals surface area contributed by atoms with E-state index in [1.165, 1.54) is 12.1 Å². The van der Waals surface area contributed by atoms with Crippen molar-refractivity contribution in [2.45, 2.75) is 25.1 Å². The summed E-state index contributed by atoms with van der Waals surface area (Å²) in [5, 5.41) is 29.5. The molecule has 1 aliphatic heterocycles. The number of para-hydroxylation sites is 1. The van der Waals surface area contributed by atoms with Crippen LogP contribution in [0.5, 0.6) is 17.2 Å². The molecule has 3 rings (SSSR count). The van der Waals surface area contributed by atoms with Crippen LogP contribution in [-0.4, -0.2) is 47.3 Å². The number of ether oxygens (including phenoxy) is 1. The maximum Gasteiger partial charge on any atom is 0.526 e. The lowest BCUT2D eigenvalue weighted by atomic mass is 9.64. The lowest BCUT2D eigenvalue weighted by Crippen LogP contribution is -2.36. The Morgan fingerprint density at radius 1 is 1.28 bits per heavy atom. The average molecular weight is 399 g/mol. The van der Waals surface area contributed by atoms with E-state index in [0.29, 0.717) is 29.8 Å². The van der Waals surface area contributed by atoms with Crippen LogP contribution in [0.4, 0.5) is 0 Å². The Balaban J connectivity index is 1.65. The highest BCUT2D eigenvalue weighted by atomic mass is 16.5. The molecule has 1 heterocycles. The van der Waals surface area contributed by atoms with Crippen LogP contribution in [0.25, 0.3) is 0 Å². The fourth-order valence-corrected chi connectivity index (χ4v) is 3.38. The molecular formula is C20H22BNO7. The second-order valence-electron chi connectivity index (χ2n) is 6.93. The number of fused-ring (bicyclic) bond motifs is 1. The minimum absolute atomic E-state index is 0.0151. The van der Waals surface area contributed by atoms with E-state index in [9.17, 15) is 24.8 Å². The summed E-state index contributed by atoms with van der Waals surface area (Å²) in [6.45, 7) is 0.596. The van der Waals surface area contributed by atoms with Gasteiger partial charge in [0.1, 0.15) is 18.1 Å². The van der Waals surface area contributed by atoms with Crippen molar-refractivity contribution in [3.63, 3.8) is 0 Å². The van der Waals surface area contributed by atoms with Gasteiger partial charge in [-0.25, -0.2) is 4.79 Å². The van der Waals surface area contributed by atoms with E-state index < -0.39 is 18.9 Å². The second-order valence-corrected chi connectivity index (χ2v) is 6.93. The number of rotatable bonds is 8. The van der Waals surface area contributed by atoms with Gasteiger partial charge in [-0.2, -0.15) is 0 Å². The van der Waals surface area contributed by atoms with Crippen molar-refractivity contribution in [3.8, 4) is 17.2 Å². The highest BCUT2D eigenvalue weighted by Gasteiger charge is 2.37.